The molecule has 0 saturated carbocycles. The number of benzene rings is 1. The van der Waals surface area contributed by atoms with Gasteiger partial charge in [0.05, 0.1) is 17.5 Å². The van der Waals surface area contributed by atoms with Crippen LogP contribution in [0.1, 0.15) is 28.2 Å². The molecular weight excluding hydrogens is 437 g/mol. The Kier molecular flexibility index (Phi) is 6.23. The molecule has 1 aliphatic heterocycles. The lowest BCUT2D eigenvalue weighted by Crippen LogP contribution is -2.39. The van der Waals surface area contributed by atoms with Crippen LogP contribution in [0.25, 0.3) is 5.69 Å². The lowest BCUT2D eigenvalue weighted by atomic mass is 10.2. The van der Waals surface area contributed by atoms with Gasteiger partial charge in [0, 0.05) is 37.9 Å². The first-order chi connectivity index (χ1) is 14.4. The fraction of sp³-hybridized carbons (Fsp3) is 0.421. The Hall–Kier alpha value is -2.73. The Morgan fingerprint density at radius 2 is 1.81 bits per heavy atom. The number of rotatable bonds is 3. The number of halogens is 3. The van der Waals surface area contributed by atoms with Crippen molar-refractivity contribution in [3.63, 3.8) is 0 Å². The largest absolute Gasteiger partial charge is 0.416 e. The molecule has 0 atom stereocenters. The molecule has 0 N–H and O–H groups in total. The fourth-order valence-electron chi connectivity index (χ4n) is 3.35. The monoisotopic (exact) mass is 458 g/mol. The number of aromatic nitrogens is 2. The summed E-state index contributed by atoms with van der Waals surface area (Å²) in [6.07, 6.45) is -3.09. The molecule has 0 bridgehead atoms. The van der Waals surface area contributed by atoms with Gasteiger partial charge in [-0.25, -0.2) is 17.4 Å². The van der Waals surface area contributed by atoms with Crippen LogP contribution < -0.4 is 5.43 Å². The molecule has 1 aromatic heterocycles. The highest BCUT2D eigenvalue weighted by Crippen LogP contribution is 2.30. The van der Waals surface area contributed by atoms with E-state index >= 15 is 0 Å². The number of alkyl halides is 3. The van der Waals surface area contributed by atoms with Crippen molar-refractivity contribution in [1.82, 2.24) is 19.0 Å². The zero-order valence-corrected chi connectivity index (χ0v) is 17.7. The molecule has 31 heavy (non-hydrogen) atoms. The standard InChI is InChI=1S/C19H21F3N4O4S/c1-13-11-16(27)17(18(28)24-7-4-8-25(10-9-24)31(2,29)30)23-26(13)15-6-3-5-14(12-15)19(20,21)22/h3,5-6,11-12H,4,7-10H2,1-2H3. The lowest BCUT2D eigenvalue weighted by molar-refractivity contribution is -0.137. The van der Waals surface area contributed by atoms with Gasteiger partial charge in [-0.15, -0.1) is 0 Å². The second-order valence-corrected chi connectivity index (χ2v) is 9.25. The van der Waals surface area contributed by atoms with Crippen LogP contribution in [-0.2, 0) is 16.2 Å². The van der Waals surface area contributed by atoms with E-state index in [1.54, 1.807) is 0 Å². The molecule has 0 spiro atoms. The molecule has 1 amide bonds. The van der Waals surface area contributed by atoms with Gasteiger partial charge in [0.25, 0.3) is 5.91 Å². The van der Waals surface area contributed by atoms with Crippen LogP contribution in [0.2, 0.25) is 0 Å². The van der Waals surface area contributed by atoms with Gasteiger partial charge in [0.2, 0.25) is 15.5 Å². The van der Waals surface area contributed by atoms with Crippen molar-refractivity contribution < 1.29 is 26.4 Å². The number of carbonyl (C=O) groups excluding carboxylic acids is 1. The van der Waals surface area contributed by atoms with Crippen LogP contribution in [0, 0.1) is 6.92 Å². The number of hydrogen-bond donors (Lipinski definition) is 0. The summed E-state index contributed by atoms with van der Waals surface area (Å²) in [5.41, 5.74) is -1.66. The summed E-state index contributed by atoms with van der Waals surface area (Å²) in [6, 6.07) is 5.55. The SMILES string of the molecule is Cc1cc(=O)c(C(=O)N2CCCN(S(C)(=O)=O)CC2)nn1-c1cccc(C(F)(F)F)c1. The van der Waals surface area contributed by atoms with Gasteiger partial charge in [0.1, 0.15) is 0 Å². The van der Waals surface area contributed by atoms with E-state index < -0.39 is 38.8 Å². The maximum atomic E-state index is 13.1. The van der Waals surface area contributed by atoms with Crippen molar-refractivity contribution in [2.24, 2.45) is 0 Å². The molecule has 1 aromatic carbocycles. The Labute approximate surface area is 176 Å². The van der Waals surface area contributed by atoms with Crippen molar-refractivity contribution >= 4 is 15.9 Å². The molecule has 1 aliphatic rings. The first-order valence-electron chi connectivity index (χ1n) is 9.41. The van der Waals surface area contributed by atoms with Gasteiger partial charge in [-0.05, 0) is 31.5 Å². The molecule has 3 rings (SSSR count). The Morgan fingerprint density at radius 1 is 1.10 bits per heavy atom. The number of nitrogens with zero attached hydrogens (tertiary/aromatic N) is 4. The molecule has 2 aromatic rings. The van der Waals surface area contributed by atoms with E-state index in [0.29, 0.717) is 6.42 Å². The second-order valence-electron chi connectivity index (χ2n) is 7.27. The second kappa shape index (κ2) is 8.42. The molecular formula is C19H21F3N4O4S. The zero-order valence-electron chi connectivity index (χ0n) is 16.9. The fourth-order valence-corrected chi connectivity index (χ4v) is 4.22. The summed E-state index contributed by atoms with van der Waals surface area (Å²) in [6.45, 7) is 2.13. The summed E-state index contributed by atoms with van der Waals surface area (Å²) >= 11 is 0. The summed E-state index contributed by atoms with van der Waals surface area (Å²) < 4.78 is 65.1. The highest BCUT2D eigenvalue weighted by Gasteiger charge is 2.31. The molecule has 0 aliphatic carbocycles. The predicted octanol–water partition coefficient (Wildman–Crippen LogP) is 1.67. The zero-order chi connectivity index (χ0) is 23.0. The highest BCUT2D eigenvalue weighted by molar-refractivity contribution is 7.88. The summed E-state index contributed by atoms with van der Waals surface area (Å²) in [7, 11) is -3.41. The van der Waals surface area contributed by atoms with Crippen molar-refractivity contribution in [3.05, 3.63) is 57.5 Å². The smallest absolute Gasteiger partial charge is 0.336 e. The average molecular weight is 458 g/mol. The molecule has 12 heteroatoms. The van der Waals surface area contributed by atoms with Crippen molar-refractivity contribution in [2.75, 3.05) is 32.4 Å². The van der Waals surface area contributed by atoms with E-state index in [9.17, 15) is 31.2 Å². The van der Waals surface area contributed by atoms with Gasteiger partial charge >= 0.3 is 6.18 Å². The summed E-state index contributed by atoms with van der Waals surface area (Å²) in [5.74, 6) is -0.693. The molecule has 2 heterocycles. The average Bonchev–Trinajstić information content (AvgIpc) is 2.93. The lowest BCUT2D eigenvalue weighted by Gasteiger charge is -2.21. The predicted molar refractivity (Wildman–Crippen MR) is 107 cm³/mol. The minimum Gasteiger partial charge on any atom is -0.336 e. The molecule has 1 saturated heterocycles. The number of sulfonamides is 1. The minimum atomic E-state index is -4.56. The first-order valence-corrected chi connectivity index (χ1v) is 11.3. The Morgan fingerprint density at radius 3 is 2.45 bits per heavy atom. The minimum absolute atomic E-state index is 0.0560. The third-order valence-electron chi connectivity index (χ3n) is 4.94. The maximum Gasteiger partial charge on any atom is 0.416 e. The van der Waals surface area contributed by atoms with Crippen molar-refractivity contribution in [2.45, 2.75) is 19.5 Å². The van der Waals surface area contributed by atoms with E-state index in [4.69, 9.17) is 0 Å². The van der Waals surface area contributed by atoms with E-state index in [1.807, 2.05) is 0 Å². The van der Waals surface area contributed by atoms with Gasteiger partial charge < -0.3 is 4.90 Å². The van der Waals surface area contributed by atoms with E-state index in [-0.39, 0.29) is 37.6 Å². The molecule has 1 fully saturated rings. The third-order valence-corrected chi connectivity index (χ3v) is 6.24. The summed E-state index contributed by atoms with van der Waals surface area (Å²) in [4.78, 5) is 26.7. The third kappa shape index (κ3) is 5.13. The highest BCUT2D eigenvalue weighted by atomic mass is 32.2. The first kappa shape index (κ1) is 22.9. The van der Waals surface area contributed by atoms with Crippen LogP contribution in [0.15, 0.2) is 35.1 Å². The Bertz CT molecular complexity index is 1160. The quantitative estimate of drug-likeness (QED) is 0.698. The van der Waals surface area contributed by atoms with Gasteiger partial charge in [-0.2, -0.15) is 18.3 Å². The number of aryl methyl sites for hydroxylation is 1. The number of amides is 1. The van der Waals surface area contributed by atoms with Gasteiger partial charge in [-0.3, -0.25) is 9.59 Å². The van der Waals surface area contributed by atoms with Gasteiger partial charge in [-0.1, -0.05) is 6.07 Å². The van der Waals surface area contributed by atoms with Crippen LogP contribution in [-0.4, -0.2) is 65.7 Å². The molecule has 168 valence electrons. The van der Waals surface area contributed by atoms with Crippen molar-refractivity contribution in [3.8, 4) is 5.69 Å². The molecule has 0 radical (unpaired) electrons. The summed E-state index contributed by atoms with van der Waals surface area (Å²) in [5, 5.41) is 4.05. The van der Waals surface area contributed by atoms with Gasteiger partial charge in [0.15, 0.2) is 5.69 Å². The topological polar surface area (TPSA) is 92.6 Å². The van der Waals surface area contributed by atoms with Crippen LogP contribution >= 0.6 is 0 Å². The Balaban J connectivity index is 1.95. The number of hydrogen-bond acceptors (Lipinski definition) is 5. The van der Waals surface area contributed by atoms with Crippen LogP contribution in [0.3, 0.4) is 0 Å². The molecule has 8 nitrogen and oxygen atoms in total. The molecule has 0 unspecified atom stereocenters. The van der Waals surface area contributed by atoms with E-state index in [1.165, 1.54) is 28.3 Å². The normalized spacial score (nSPS) is 16.2. The maximum absolute atomic E-state index is 13.1. The van der Waals surface area contributed by atoms with E-state index in [0.717, 1.165) is 29.1 Å². The van der Waals surface area contributed by atoms with Crippen LogP contribution in [0.4, 0.5) is 13.2 Å². The van der Waals surface area contributed by atoms with Crippen LogP contribution in [0.5, 0.6) is 0 Å². The van der Waals surface area contributed by atoms with E-state index in [2.05, 4.69) is 5.10 Å². The van der Waals surface area contributed by atoms with Crippen molar-refractivity contribution in [1.29, 1.82) is 0 Å². The number of carbonyl (C=O) groups is 1.